The van der Waals surface area contributed by atoms with Gasteiger partial charge in [-0.2, -0.15) is 5.10 Å². The van der Waals surface area contributed by atoms with Crippen LogP contribution in [0.15, 0.2) is 71.8 Å². The molecule has 3 rings (SSSR count). The Bertz CT molecular complexity index is 889. The second-order valence-corrected chi connectivity index (χ2v) is 7.10. The molecule has 1 aromatic heterocycles. The minimum Gasteiger partial charge on any atom is -0.489 e. The molecular formula is C21H20N2O3S. The Kier molecular flexibility index (Phi) is 6.60. The number of carbonyl (C=O) groups excluding carboxylic acids is 1. The van der Waals surface area contributed by atoms with E-state index in [1.165, 1.54) is 4.88 Å². The van der Waals surface area contributed by atoms with Crippen molar-refractivity contribution in [3.63, 3.8) is 0 Å². The van der Waals surface area contributed by atoms with E-state index in [2.05, 4.69) is 10.5 Å². The van der Waals surface area contributed by atoms with Crippen LogP contribution in [0, 0.1) is 6.92 Å². The smallest absolute Gasteiger partial charge is 0.277 e. The van der Waals surface area contributed by atoms with Crippen LogP contribution in [0.5, 0.6) is 11.5 Å². The van der Waals surface area contributed by atoms with Gasteiger partial charge in [-0.25, -0.2) is 5.43 Å². The summed E-state index contributed by atoms with van der Waals surface area (Å²) in [6.45, 7) is 2.42. The number of hydrogen-bond acceptors (Lipinski definition) is 5. The van der Waals surface area contributed by atoms with Gasteiger partial charge in [0, 0.05) is 9.75 Å². The van der Waals surface area contributed by atoms with Crippen LogP contribution in [0.2, 0.25) is 0 Å². The number of nitrogens with zero attached hydrogens (tertiary/aromatic N) is 1. The molecule has 0 spiro atoms. The van der Waals surface area contributed by atoms with Crippen molar-refractivity contribution < 1.29 is 14.3 Å². The van der Waals surface area contributed by atoms with Crippen molar-refractivity contribution in [1.29, 1.82) is 0 Å². The average Bonchev–Trinajstić information content (AvgIpc) is 3.11. The second-order valence-electron chi connectivity index (χ2n) is 5.78. The van der Waals surface area contributed by atoms with Crippen LogP contribution < -0.4 is 14.9 Å². The third kappa shape index (κ3) is 6.27. The first-order chi connectivity index (χ1) is 13.2. The highest BCUT2D eigenvalue weighted by molar-refractivity contribution is 7.13. The van der Waals surface area contributed by atoms with Crippen LogP contribution in [0.1, 0.15) is 15.3 Å². The quantitative estimate of drug-likeness (QED) is 0.471. The summed E-state index contributed by atoms with van der Waals surface area (Å²) in [7, 11) is 0. The molecule has 0 saturated heterocycles. The van der Waals surface area contributed by atoms with Crippen LogP contribution >= 0.6 is 11.3 Å². The Balaban J connectivity index is 1.40. The standard InChI is InChI=1S/C21H20N2O3S/c1-16-7-12-20(27-16)13-22-23-21(24)15-26-19-10-8-18(9-11-19)25-14-17-5-3-2-4-6-17/h2-13H,14-15H2,1H3,(H,23,24)/b22-13+. The maximum absolute atomic E-state index is 11.8. The van der Waals surface area contributed by atoms with Crippen molar-refractivity contribution in [3.05, 3.63) is 82.0 Å². The minimum absolute atomic E-state index is 0.106. The molecule has 1 heterocycles. The first-order valence-corrected chi connectivity index (χ1v) is 9.28. The first-order valence-electron chi connectivity index (χ1n) is 8.47. The van der Waals surface area contributed by atoms with Crippen LogP contribution in [0.4, 0.5) is 0 Å². The summed E-state index contributed by atoms with van der Waals surface area (Å²) in [5.41, 5.74) is 3.55. The van der Waals surface area contributed by atoms with Gasteiger partial charge in [-0.3, -0.25) is 4.79 Å². The van der Waals surface area contributed by atoms with E-state index >= 15 is 0 Å². The van der Waals surface area contributed by atoms with E-state index in [9.17, 15) is 4.79 Å². The number of rotatable bonds is 8. The fraction of sp³-hybridized carbons (Fsp3) is 0.143. The number of hydrogen-bond donors (Lipinski definition) is 1. The lowest BCUT2D eigenvalue weighted by atomic mass is 10.2. The molecule has 0 unspecified atom stereocenters. The zero-order valence-corrected chi connectivity index (χ0v) is 15.7. The van der Waals surface area contributed by atoms with Gasteiger partial charge >= 0.3 is 0 Å². The Hall–Kier alpha value is -3.12. The molecule has 5 nitrogen and oxygen atoms in total. The monoisotopic (exact) mass is 380 g/mol. The number of nitrogens with one attached hydrogen (secondary N) is 1. The zero-order chi connectivity index (χ0) is 18.9. The normalized spacial score (nSPS) is 10.7. The van der Waals surface area contributed by atoms with E-state index in [4.69, 9.17) is 9.47 Å². The predicted molar refractivity (Wildman–Crippen MR) is 108 cm³/mol. The molecule has 0 aliphatic heterocycles. The third-order valence-electron chi connectivity index (χ3n) is 3.58. The Labute approximate surface area is 162 Å². The lowest BCUT2D eigenvalue weighted by Crippen LogP contribution is -2.24. The van der Waals surface area contributed by atoms with Crippen molar-refractivity contribution in [2.45, 2.75) is 13.5 Å². The van der Waals surface area contributed by atoms with E-state index in [1.54, 1.807) is 29.7 Å². The minimum atomic E-state index is -0.316. The maximum atomic E-state index is 11.8. The van der Waals surface area contributed by atoms with E-state index in [-0.39, 0.29) is 12.5 Å². The fourth-order valence-corrected chi connectivity index (χ4v) is 2.99. The molecule has 0 saturated carbocycles. The van der Waals surface area contributed by atoms with Crippen LogP contribution in [-0.2, 0) is 11.4 Å². The number of ether oxygens (including phenoxy) is 2. The summed E-state index contributed by atoms with van der Waals surface area (Å²) in [4.78, 5) is 13.9. The van der Waals surface area contributed by atoms with Gasteiger partial charge in [-0.1, -0.05) is 30.3 Å². The van der Waals surface area contributed by atoms with Gasteiger partial charge in [0.2, 0.25) is 0 Å². The Morgan fingerprint density at radius 2 is 1.70 bits per heavy atom. The summed E-state index contributed by atoms with van der Waals surface area (Å²) in [6, 6.07) is 21.1. The molecule has 3 aromatic rings. The Morgan fingerprint density at radius 1 is 1.00 bits per heavy atom. The molecule has 138 valence electrons. The van der Waals surface area contributed by atoms with Crippen molar-refractivity contribution in [1.82, 2.24) is 5.43 Å². The molecule has 6 heteroatoms. The SMILES string of the molecule is Cc1ccc(/C=N/NC(=O)COc2ccc(OCc3ccccc3)cc2)s1. The van der Waals surface area contributed by atoms with Crippen molar-refractivity contribution in [2.24, 2.45) is 5.10 Å². The number of hydrazone groups is 1. The van der Waals surface area contributed by atoms with Gasteiger partial charge in [-0.15, -0.1) is 11.3 Å². The lowest BCUT2D eigenvalue weighted by Gasteiger charge is -2.08. The highest BCUT2D eigenvalue weighted by Gasteiger charge is 2.02. The molecule has 0 bridgehead atoms. The summed E-state index contributed by atoms with van der Waals surface area (Å²) >= 11 is 1.61. The highest BCUT2D eigenvalue weighted by atomic mass is 32.1. The predicted octanol–water partition coefficient (Wildman–Crippen LogP) is 4.16. The van der Waals surface area contributed by atoms with Gasteiger partial charge in [0.1, 0.15) is 18.1 Å². The fourth-order valence-electron chi connectivity index (χ4n) is 2.24. The van der Waals surface area contributed by atoms with Gasteiger partial charge < -0.3 is 9.47 Å². The van der Waals surface area contributed by atoms with Gasteiger partial charge in [-0.05, 0) is 48.9 Å². The number of amides is 1. The first kappa shape index (κ1) is 18.7. The molecule has 1 amide bonds. The van der Waals surface area contributed by atoms with Gasteiger partial charge in [0.15, 0.2) is 6.61 Å². The van der Waals surface area contributed by atoms with Crippen LogP contribution in [0.3, 0.4) is 0 Å². The summed E-state index contributed by atoms with van der Waals surface area (Å²) < 4.78 is 11.2. The topological polar surface area (TPSA) is 59.9 Å². The van der Waals surface area contributed by atoms with Crippen molar-refractivity contribution >= 4 is 23.5 Å². The number of carbonyl (C=O) groups is 1. The molecule has 0 fully saturated rings. The van der Waals surface area contributed by atoms with Crippen LogP contribution in [0.25, 0.3) is 0 Å². The van der Waals surface area contributed by atoms with Crippen LogP contribution in [-0.4, -0.2) is 18.7 Å². The highest BCUT2D eigenvalue weighted by Crippen LogP contribution is 2.18. The molecule has 1 N–H and O–H groups in total. The molecule has 27 heavy (non-hydrogen) atoms. The van der Waals surface area contributed by atoms with Crippen molar-refractivity contribution in [2.75, 3.05) is 6.61 Å². The summed E-state index contributed by atoms with van der Waals surface area (Å²) in [5, 5.41) is 3.92. The maximum Gasteiger partial charge on any atom is 0.277 e. The molecule has 2 aromatic carbocycles. The molecule has 0 radical (unpaired) electrons. The van der Waals surface area contributed by atoms with Crippen molar-refractivity contribution in [3.8, 4) is 11.5 Å². The average molecular weight is 380 g/mol. The van der Waals surface area contributed by atoms with E-state index < -0.39 is 0 Å². The van der Waals surface area contributed by atoms with E-state index in [0.717, 1.165) is 16.2 Å². The summed E-state index contributed by atoms with van der Waals surface area (Å²) in [5.74, 6) is 1.02. The van der Waals surface area contributed by atoms with Gasteiger partial charge in [0.25, 0.3) is 5.91 Å². The van der Waals surface area contributed by atoms with Gasteiger partial charge in [0.05, 0.1) is 6.21 Å². The zero-order valence-electron chi connectivity index (χ0n) is 14.9. The molecule has 0 aliphatic carbocycles. The third-order valence-corrected chi connectivity index (χ3v) is 4.52. The number of aryl methyl sites for hydroxylation is 1. The molecular weight excluding hydrogens is 360 g/mol. The number of thiophene rings is 1. The Morgan fingerprint density at radius 3 is 2.37 bits per heavy atom. The number of benzene rings is 2. The summed E-state index contributed by atoms with van der Waals surface area (Å²) in [6.07, 6.45) is 1.62. The second kappa shape index (κ2) is 9.54. The van der Waals surface area contributed by atoms with E-state index in [0.29, 0.717) is 12.4 Å². The largest absolute Gasteiger partial charge is 0.489 e. The molecule has 0 atom stereocenters. The molecule has 0 aliphatic rings. The van der Waals surface area contributed by atoms with E-state index in [1.807, 2.05) is 61.5 Å². The lowest BCUT2D eigenvalue weighted by molar-refractivity contribution is -0.123.